The van der Waals surface area contributed by atoms with E-state index in [9.17, 15) is 22.8 Å². The van der Waals surface area contributed by atoms with Crippen molar-refractivity contribution >= 4 is 44.2 Å². The molecular formula is C24H23N3O5S. The van der Waals surface area contributed by atoms with Crippen LogP contribution in [0.1, 0.15) is 39.1 Å². The molecule has 0 saturated carbocycles. The second-order valence-electron chi connectivity index (χ2n) is 7.93. The Labute approximate surface area is 191 Å². The Hall–Kier alpha value is -3.72. The molecule has 0 spiro atoms. The van der Waals surface area contributed by atoms with Crippen LogP contribution in [0.4, 0.5) is 5.69 Å². The molecule has 0 fully saturated rings. The second-order valence-corrected chi connectivity index (χ2v) is 9.67. The molecule has 9 heteroatoms. The van der Waals surface area contributed by atoms with Crippen LogP contribution in [0.5, 0.6) is 0 Å². The highest BCUT2D eigenvalue weighted by Crippen LogP contribution is 2.30. The Balaban J connectivity index is 1.33. The van der Waals surface area contributed by atoms with Gasteiger partial charge in [-0.05, 0) is 41.6 Å². The Kier molecular flexibility index (Phi) is 6.15. The van der Waals surface area contributed by atoms with Gasteiger partial charge in [-0.1, -0.05) is 36.4 Å². The Morgan fingerprint density at radius 1 is 0.939 bits per heavy atom. The van der Waals surface area contributed by atoms with Crippen molar-refractivity contribution in [1.29, 1.82) is 0 Å². The summed E-state index contributed by atoms with van der Waals surface area (Å²) in [6.45, 7) is 0.374. The zero-order valence-electron chi connectivity index (χ0n) is 18.0. The molecule has 0 bridgehead atoms. The van der Waals surface area contributed by atoms with E-state index >= 15 is 0 Å². The van der Waals surface area contributed by atoms with E-state index in [1.807, 2.05) is 12.1 Å². The zero-order chi connectivity index (χ0) is 23.6. The summed E-state index contributed by atoms with van der Waals surface area (Å²) in [5, 5.41) is 4.30. The molecule has 0 aliphatic carbocycles. The second kappa shape index (κ2) is 9.03. The molecule has 3 amide bonds. The van der Waals surface area contributed by atoms with E-state index in [1.165, 1.54) is 4.90 Å². The standard InChI is InChI=1S/C24H23N3O5S/c1-33(31,32)26-18-9-2-6-16(14-18)15-25-21(28)12-5-13-27-23(29)19-10-3-7-17-8-4-11-20(22(17)19)24(27)30/h2-4,6-11,14,26H,5,12-13,15H2,1H3,(H,25,28). The molecule has 1 heterocycles. The first-order valence-electron chi connectivity index (χ1n) is 10.4. The topological polar surface area (TPSA) is 113 Å². The van der Waals surface area contributed by atoms with Crippen molar-refractivity contribution < 1.29 is 22.8 Å². The molecule has 33 heavy (non-hydrogen) atoms. The molecule has 1 aliphatic rings. The van der Waals surface area contributed by atoms with Gasteiger partial charge in [0.05, 0.1) is 6.26 Å². The molecule has 4 rings (SSSR count). The van der Waals surface area contributed by atoms with Gasteiger partial charge in [-0.2, -0.15) is 0 Å². The quantitative estimate of drug-likeness (QED) is 0.497. The highest BCUT2D eigenvalue weighted by Gasteiger charge is 2.32. The van der Waals surface area contributed by atoms with E-state index in [1.54, 1.807) is 48.5 Å². The van der Waals surface area contributed by atoms with Gasteiger partial charge in [0.25, 0.3) is 11.8 Å². The molecule has 0 saturated heterocycles. The Morgan fingerprint density at radius 3 is 2.21 bits per heavy atom. The number of imide groups is 1. The number of carbonyl (C=O) groups is 3. The molecule has 1 aliphatic heterocycles. The molecule has 0 aromatic heterocycles. The summed E-state index contributed by atoms with van der Waals surface area (Å²) in [4.78, 5) is 39.2. The minimum Gasteiger partial charge on any atom is -0.352 e. The summed E-state index contributed by atoms with van der Waals surface area (Å²) in [5.74, 6) is -0.921. The third kappa shape index (κ3) is 5.04. The van der Waals surface area contributed by atoms with E-state index in [-0.39, 0.29) is 37.2 Å². The van der Waals surface area contributed by atoms with Crippen molar-refractivity contribution in [3.05, 3.63) is 77.4 Å². The van der Waals surface area contributed by atoms with Crippen LogP contribution < -0.4 is 10.0 Å². The van der Waals surface area contributed by atoms with Gasteiger partial charge in [0.1, 0.15) is 0 Å². The van der Waals surface area contributed by atoms with Gasteiger partial charge in [-0.15, -0.1) is 0 Å². The van der Waals surface area contributed by atoms with Crippen molar-refractivity contribution in [2.24, 2.45) is 0 Å². The molecule has 3 aromatic carbocycles. The van der Waals surface area contributed by atoms with Crippen LogP contribution in [0.25, 0.3) is 10.8 Å². The van der Waals surface area contributed by atoms with Crippen LogP contribution in [0.15, 0.2) is 60.7 Å². The number of carbonyl (C=O) groups excluding carboxylic acids is 3. The molecule has 2 N–H and O–H groups in total. The van der Waals surface area contributed by atoms with Gasteiger partial charge in [0, 0.05) is 41.7 Å². The van der Waals surface area contributed by atoms with Gasteiger partial charge in [0.15, 0.2) is 0 Å². The summed E-state index contributed by atoms with van der Waals surface area (Å²) in [5.41, 5.74) is 2.15. The average Bonchev–Trinajstić information content (AvgIpc) is 2.77. The minimum atomic E-state index is -3.39. The lowest BCUT2D eigenvalue weighted by molar-refractivity contribution is -0.121. The molecule has 170 valence electrons. The fraction of sp³-hybridized carbons (Fsp3) is 0.208. The lowest BCUT2D eigenvalue weighted by Gasteiger charge is -2.27. The zero-order valence-corrected chi connectivity index (χ0v) is 18.8. The van der Waals surface area contributed by atoms with Crippen LogP contribution in [-0.4, -0.2) is 43.8 Å². The van der Waals surface area contributed by atoms with Gasteiger partial charge >= 0.3 is 0 Å². The van der Waals surface area contributed by atoms with Crippen LogP contribution in [-0.2, 0) is 21.4 Å². The normalized spacial score (nSPS) is 13.3. The smallest absolute Gasteiger partial charge is 0.261 e. The van der Waals surface area contributed by atoms with Crippen LogP contribution in [0, 0.1) is 0 Å². The fourth-order valence-corrected chi connectivity index (χ4v) is 4.48. The Bertz CT molecular complexity index is 1320. The maximum Gasteiger partial charge on any atom is 0.261 e. The Morgan fingerprint density at radius 2 is 1.58 bits per heavy atom. The SMILES string of the molecule is CS(=O)(=O)Nc1cccc(CNC(=O)CCCN2C(=O)c3cccc4cccc(c34)C2=O)c1. The number of hydrogen-bond acceptors (Lipinski definition) is 5. The summed E-state index contributed by atoms with van der Waals surface area (Å²) in [6.07, 6.45) is 1.54. The van der Waals surface area contributed by atoms with Gasteiger partial charge in [-0.25, -0.2) is 8.42 Å². The van der Waals surface area contributed by atoms with Crippen LogP contribution >= 0.6 is 0 Å². The third-order valence-corrected chi connectivity index (χ3v) is 5.97. The summed E-state index contributed by atoms with van der Waals surface area (Å²) >= 11 is 0. The summed E-state index contributed by atoms with van der Waals surface area (Å²) < 4.78 is 25.1. The molecule has 8 nitrogen and oxygen atoms in total. The number of hydrogen-bond donors (Lipinski definition) is 2. The number of nitrogens with zero attached hydrogens (tertiary/aromatic N) is 1. The largest absolute Gasteiger partial charge is 0.352 e. The maximum atomic E-state index is 12.9. The fourth-order valence-electron chi connectivity index (χ4n) is 3.93. The molecule has 3 aromatic rings. The first-order chi connectivity index (χ1) is 15.7. The monoisotopic (exact) mass is 465 g/mol. The van der Waals surface area contributed by atoms with Gasteiger partial charge < -0.3 is 5.32 Å². The lowest BCUT2D eigenvalue weighted by Crippen LogP contribution is -2.41. The van der Waals surface area contributed by atoms with Crippen LogP contribution in [0.3, 0.4) is 0 Å². The minimum absolute atomic E-state index is 0.142. The van der Waals surface area contributed by atoms with Gasteiger partial charge in [0.2, 0.25) is 15.9 Å². The predicted molar refractivity (Wildman–Crippen MR) is 125 cm³/mol. The highest BCUT2D eigenvalue weighted by atomic mass is 32.2. The van der Waals surface area contributed by atoms with E-state index < -0.39 is 10.0 Å². The van der Waals surface area contributed by atoms with Crippen molar-refractivity contribution in [2.75, 3.05) is 17.5 Å². The third-order valence-electron chi connectivity index (χ3n) is 5.36. The number of nitrogens with one attached hydrogen (secondary N) is 2. The predicted octanol–water partition coefficient (Wildman–Crippen LogP) is 2.90. The van der Waals surface area contributed by atoms with Crippen LogP contribution in [0.2, 0.25) is 0 Å². The van der Waals surface area contributed by atoms with E-state index in [0.717, 1.165) is 17.2 Å². The first kappa shape index (κ1) is 22.5. The average molecular weight is 466 g/mol. The number of benzene rings is 3. The van der Waals surface area contributed by atoms with E-state index in [4.69, 9.17) is 0 Å². The van der Waals surface area contributed by atoms with Crippen molar-refractivity contribution in [1.82, 2.24) is 10.2 Å². The number of amides is 3. The van der Waals surface area contributed by atoms with Crippen molar-refractivity contribution in [3.63, 3.8) is 0 Å². The van der Waals surface area contributed by atoms with Gasteiger partial charge in [-0.3, -0.25) is 24.0 Å². The number of anilines is 1. The van der Waals surface area contributed by atoms with Crippen molar-refractivity contribution in [3.8, 4) is 0 Å². The lowest BCUT2D eigenvalue weighted by atomic mass is 9.94. The van der Waals surface area contributed by atoms with E-state index in [0.29, 0.717) is 28.6 Å². The van der Waals surface area contributed by atoms with Crippen molar-refractivity contribution in [2.45, 2.75) is 19.4 Å². The van der Waals surface area contributed by atoms with E-state index in [2.05, 4.69) is 10.0 Å². The molecule has 0 atom stereocenters. The summed E-state index contributed by atoms with van der Waals surface area (Å²) in [7, 11) is -3.39. The molecular weight excluding hydrogens is 442 g/mol. The number of sulfonamides is 1. The molecule has 0 radical (unpaired) electrons. The highest BCUT2D eigenvalue weighted by molar-refractivity contribution is 7.92. The first-order valence-corrected chi connectivity index (χ1v) is 12.3. The maximum absolute atomic E-state index is 12.9. The molecule has 0 unspecified atom stereocenters. The summed E-state index contributed by atoms with van der Waals surface area (Å²) in [6, 6.07) is 17.5. The number of rotatable bonds is 8.